The topological polar surface area (TPSA) is 36.4 Å². The summed E-state index contributed by atoms with van der Waals surface area (Å²) >= 11 is 0. The van der Waals surface area contributed by atoms with Gasteiger partial charge in [0.2, 0.25) is 0 Å². The van der Waals surface area contributed by atoms with Crippen LogP contribution in [0.4, 0.5) is 5.69 Å². The van der Waals surface area contributed by atoms with E-state index >= 15 is 0 Å². The van der Waals surface area contributed by atoms with Crippen LogP contribution >= 0.6 is 0 Å². The van der Waals surface area contributed by atoms with Crippen molar-refractivity contribution in [2.24, 2.45) is 0 Å². The minimum absolute atomic E-state index is 0.135. The smallest absolute Gasteiger partial charge is 0.253 e. The minimum Gasteiger partial charge on any atom is -0.369 e. The molecule has 3 aromatic rings. The van der Waals surface area contributed by atoms with E-state index in [4.69, 9.17) is 0 Å². The fraction of sp³-hybridized carbons (Fsp3) is 0.304. The summed E-state index contributed by atoms with van der Waals surface area (Å²) in [6, 6.07) is 16.4. The van der Waals surface area contributed by atoms with Gasteiger partial charge in [-0.05, 0) is 50.6 Å². The predicted octanol–water partition coefficient (Wildman–Crippen LogP) is 4.20. The maximum atomic E-state index is 12.9. The maximum absolute atomic E-state index is 12.9. The number of aryl methyl sites for hydroxylation is 2. The highest BCUT2D eigenvalue weighted by atomic mass is 16.2. The first-order valence-corrected chi connectivity index (χ1v) is 9.58. The number of nitrogens with zero attached hydrogens (tertiary/aromatic N) is 3. The summed E-state index contributed by atoms with van der Waals surface area (Å²) in [6.07, 6.45) is 2.85. The molecule has 2 heterocycles. The molecule has 1 aliphatic rings. The lowest BCUT2D eigenvalue weighted by atomic mass is 10.1. The third-order valence-corrected chi connectivity index (χ3v) is 5.26. The fourth-order valence-electron chi connectivity index (χ4n) is 3.84. The van der Waals surface area contributed by atoms with Crippen molar-refractivity contribution in [2.75, 3.05) is 31.1 Å². The van der Waals surface area contributed by atoms with Gasteiger partial charge in [0.05, 0.1) is 5.52 Å². The van der Waals surface area contributed by atoms with Crippen LogP contribution in [-0.4, -0.2) is 42.0 Å². The van der Waals surface area contributed by atoms with Gasteiger partial charge in [-0.2, -0.15) is 0 Å². The van der Waals surface area contributed by atoms with Crippen LogP contribution in [0.3, 0.4) is 0 Å². The van der Waals surface area contributed by atoms with Crippen LogP contribution in [-0.2, 0) is 0 Å². The number of hydrogen-bond acceptors (Lipinski definition) is 3. The Hall–Kier alpha value is -2.88. The van der Waals surface area contributed by atoms with E-state index < -0.39 is 0 Å². The van der Waals surface area contributed by atoms with Crippen molar-refractivity contribution < 1.29 is 4.79 Å². The van der Waals surface area contributed by atoms with Gasteiger partial charge in [0.1, 0.15) is 0 Å². The highest BCUT2D eigenvalue weighted by Gasteiger charge is 2.21. The summed E-state index contributed by atoms with van der Waals surface area (Å²) in [6.45, 7) is 7.46. The Morgan fingerprint density at radius 2 is 1.78 bits per heavy atom. The number of anilines is 1. The molecule has 1 saturated heterocycles. The number of benzene rings is 2. The first-order valence-electron chi connectivity index (χ1n) is 9.58. The monoisotopic (exact) mass is 359 g/mol. The van der Waals surface area contributed by atoms with Crippen molar-refractivity contribution in [3.63, 3.8) is 0 Å². The number of hydrogen-bond donors (Lipinski definition) is 0. The zero-order valence-corrected chi connectivity index (χ0v) is 16.0. The third-order valence-electron chi connectivity index (χ3n) is 5.26. The molecule has 1 amide bonds. The molecule has 0 atom stereocenters. The van der Waals surface area contributed by atoms with E-state index in [1.807, 2.05) is 42.3 Å². The summed E-state index contributed by atoms with van der Waals surface area (Å²) < 4.78 is 0. The molecule has 0 N–H and O–H groups in total. The third kappa shape index (κ3) is 3.65. The van der Waals surface area contributed by atoms with Crippen LogP contribution < -0.4 is 4.90 Å². The van der Waals surface area contributed by atoms with E-state index in [0.29, 0.717) is 0 Å². The Morgan fingerprint density at radius 1 is 0.926 bits per heavy atom. The van der Waals surface area contributed by atoms with Crippen LogP contribution in [0.1, 0.15) is 27.9 Å². The quantitative estimate of drug-likeness (QED) is 0.688. The molecule has 1 aliphatic heterocycles. The van der Waals surface area contributed by atoms with E-state index in [1.54, 1.807) is 0 Å². The van der Waals surface area contributed by atoms with Crippen LogP contribution in [0.25, 0.3) is 10.9 Å². The van der Waals surface area contributed by atoms with Gasteiger partial charge in [-0.25, -0.2) is 0 Å². The molecule has 0 aliphatic carbocycles. The van der Waals surface area contributed by atoms with E-state index in [0.717, 1.165) is 49.2 Å². The molecule has 138 valence electrons. The molecule has 4 nitrogen and oxygen atoms in total. The molecule has 4 rings (SSSR count). The number of amides is 1. The Labute approximate surface area is 160 Å². The van der Waals surface area contributed by atoms with Gasteiger partial charge in [-0.3, -0.25) is 9.78 Å². The SMILES string of the molecule is Cc1cccc(C(=O)N2CCCN(c3ccnc4ccc(C)cc34)CC2)c1. The summed E-state index contributed by atoms with van der Waals surface area (Å²) in [5.41, 5.74) is 5.38. The van der Waals surface area contributed by atoms with Crippen molar-refractivity contribution in [1.82, 2.24) is 9.88 Å². The molecule has 0 bridgehead atoms. The van der Waals surface area contributed by atoms with Gasteiger partial charge in [0.15, 0.2) is 0 Å². The molecule has 1 fully saturated rings. The van der Waals surface area contributed by atoms with E-state index in [9.17, 15) is 4.79 Å². The van der Waals surface area contributed by atoms with Crippen molar-refractivity contribution >= 4 is 22.5 Å². The van der Waals surface area contributed by atoms with Crippen molar-refractivity contribution in [1.29, 1.82) is 0 Å². The summed E-state index contributed by atoms with van der Waals surface area (Å²) in [7, 11) is 0. The number of fused-ring (bicyclic) bond motifs is 1. The maximum Gasteiger partial charge on any atom is 0.253 e. The Balaban J connectivity index is 1.56. The average molecular weight is 359 g/mol. The molecule has 0 radical (unpaired) electrons. The fourth-order valence-corrected chi connectivity index (χ4v) is 3.84. The lowest BCUT2D eigenvalue weighted by Crippen LogP contribution is -2.35. The van der Waals surface area contributed by atoms with Crippen LogP contribution in [0.2, 0.25) is 0 Å². The summed E-state index contributed by atoms with van der Waals surface area (Å²) in [5, 5.41) is 1.19. The second-order valence-electron chi connectivity index (χ2n) is 7.35. The molecule has 0 spiro atoms. The van der Waals surface area contributed by atoms with E-state index in [-0.39, 0.29) is 5.91 Å². The number of carbonyl (C=O) groups excluding carboxylic acids is 1. The first kappa shape index (κ1) is 17.5. The van der Waals surface area contributed by atoms with Gasteiger partial charge in [0.25, 0.3) is 5.91 Å². The Kier molecular flexibility index (Phi) is 4.80. The average Bonchev–Trinajstić information content (AvgIpc) is 2.93. The highest BCUT2D eigenvalue weighted by molar-refractivity contribution is 5.95. The zero-order valence-electron chi connectivity index (χ0n) is 16.0. The largest absolute Gasteiger partial charge is 0.369 e. The van der Waals surface area contributed by atoms with Crippen molar-refractivity contribution in [2.45, 2.75) is 20.3 Å². The summed E-state index contributed by atoms with van der Waals surface area (Å²) in [4.78, 5) is 21.8. The van der Waals surface area contributed by atoms with Crippen LogP contribution in [0.5, 0.6) is 0 Å². The van der Waals surface area contributed by atoms with Crippen molar-refractivity contribution in [3.05, 3.63) is 71.4 Å². The van der Waals surface area contributed by atoms with Gasteiger partial charge >= 0.3 is 0 Å². The first-order chi connectivity index (χ1) is 13.1. The molecule has 2 aromatic carbocycles. The number of carbonyl (C=O) groups is 1. The molecular formula is C23H25N3O. The van der Waals surface area contributed by atoms with Gasteiger partial charge in [-0.1, -0.05) is 29.3 Å². The standard InChI is InChI=1S/C23H25N3O/c1-17-5-3-6-19(15-17)23(27)26-12-4-11-25(13-14-26)22-9-10-24-21-8-7-18(2)16-20(21)22/h3,5-10,15-16H,4,11-14H2,1-2H3. The summed E-state index contributed by atoms with van der Waals surface area (Å²) in [5.74, 6) is 0.135. The van der Waals surface area contributed by atoms with E-state index in [1.165, 1.54) is 16.6 Å². The second kappa shape index (κ2) is 7.39. The number of aromatic nitrogens is 1. The molecule has 4 heteroatoms. The molecule has 27 heavy (non-hydrogen) atoms. The van der Waals surface area contributed by atoms with Crippen molar-refractivity contribution in [3.8, 4) is 0 Å². The highest BCUT2D eigenvalue weighted by Crippen LogP contribution is 2.27. The van der Waals surface area contributed by atoms with Crippen LogP contribution in [0.15, 0.2) is 54.7 Å². The van der Waals surface area contributed by atoms with Crippen LogP contribution in [0, 0.1) is 13.8 Å². The normalized spacial score (nSPS) is 15.0. The Bertz CT molecular complexity index is 982. The predicted molar refractivity (Wildman–Crippen MR) is 110 cm³/mol. The Morgan fingerprint density at radius 3 is 2.63 bits per heavy atom. The van der Waals surface area contributed by atoms with Gasteiger partial charge in [-0.15, -0.1) is 0 Å². The molecular weight excluding hydrogens is 334 g/mol. The molecule has 1 aromatic heterocycles. The second-order valence-corrected chi connectivity index (χ2v) is 7.35. The molecule has 0 saturated carbocycles. The number of pyridine rings is 1. The number of rotatable bonds is 2. The minimum atomic E-state index is 0.135. The lowest BCUT2D eigenvalue weighted by Gasteiger charge is -2.25. The van der Waals surface area contributed by atoms with E-state index in [2.05, 4.69) is 41.1 Å². The zero-order chi connectivity index (χ0) is 18.8. The van der Waals surface area contributed by atoms with Gasteiger partial charge in [0, 0.05) is 49.0 Å². The molecule has 0 unspecified atom stereocenters. The lowest BCUT2D eigenvalue weighted by molar-refractivity contribution is 0.0767. The van der Waals surface area contributed by atoms with Gasteiger partial charge < -0.3 is 9.80 Å².